The molecular formula is C20H24N2O2. The molecule has 4 nitrogen and oxygen atoms in total. The first-order chi connectivity index (χ1) is 11.8. The molecule has 0 unspecified atom stereocenters. The van der Waals surface area contributed by atoms with Crippen LogP contribution in [0.2, 0.25) is 0 Å². The summed E-state index contributed by atoms with van der Waals surface area (Å²) in [6.07, 6.45) is 4.36. The topological polar surface area (TPSA) is 41.6 Å². The average molecular weight is 324 g/mol. The molecule has 0 aromatic heterocycles. The minimum atomic E-state index is -0.0241. The van der Waals surface area contributed by atoms with Crippen LogP contribution in [0.5, 0.6) is 5.75 Å². The Kier molecular flexibility index (Phi) is 5.36. The highest BCUT2D eigenvalue weighted by Gasteiger charge is 2.26. The molecule has 4 heteroatoms. The number of para-hydroxylation sites is 1. The summed E-state index contributed by atoms with van der Waals surface area (Å²) >= 11 is 0. The smallest absolute Gasteiger partial charge is 0.322 e. The Balaban J connectivity index is 1.80. The third-order valence-corrected chi connectivity index (χ3v) is 4.54. The van der Waals surface area contributed by atoms with Crippen LogP contribution in [0.4, 0.5) is 10.5 Å². The lowest BCUT2D eigenvalue weighted by Crippen LogP contribution is -2.38. The van der Waals surface area contributed by atoms with Crippen molar-refractivity contribution in [3.8, 4) is 5.75 Å². The number of hydrogen-bond acceptors (Lipinski definition) is 2. The Morgan fingerprint density at radius 3 is 2.50 bits per heavy atom. The summed E-state index contributed by atoms with van der Waals surface area (Å²) in [4.78, 5) is 14.8. The summed E-state index contributed by atoms with van der Waals surface area (Å²) in [7, 11) is 1.67. The van der Waals surface area contributed by atoms with Crippen LogP contribution in [-0.4, -0.2) is 24.6 Å². The fourth-order valence-electron chi connectivity index (χ4n) is 3.24. The van der Waals surface area contributed by atoms with E-state index >= 15 is 0 Å². The highest BCUT2D eigenvalue weighted by atomic mass is 16.5. The van der Waals surface area contributed by atoms with Gasteiger partial charge < -0.3 is 15.0 Å². The van der Waals surface area contributed by atoms with Crippen molar-refractivity contribution in [2.45, 2.75) is 31.7 Å². The molecular weight excluding hydrogens is 300 g/mol. The van der Waals surface area contributed by atoms with E-state index in [9.17, 15) is 4.79 Å². The van der Waals surface area contributed by atoms with Crippen LogP contribution in [0.3, 0.4) is 0 Å². The molecule has 0 spiro atoms. The van der Waals surface area contributed by atoms with Crippen LogP contribution < -0.4 is 10.1 Å². The maximum absolute atomic E-state index is 12.8. The van der Waals surface area contributed by atoms with E-state index in [2.05, 4.69) is 17.4 Å². The summed E-state index contributed by atoms with van der Waals surface area (Å²) in [6.45, 7) is 0.787. The minimum Gasteiger partial charge on any atom is -0.497 e. The maximum Gasteiger partial charge on any atom is 0.322 e. The molecule has 2 amide bonds. The largest absolute Gasteiger partial charge is 0.497 e. The van der Waals surface area contributed by atoms with Gasteiger partial charge in [-0.1, -0.05) is 43.2 Å². The van der Waals surface area contributed by atoms with E-state index in [1.807, 2.05) is 47.4 Å². The van der Waals surface area contributed by atoms with Crippen LogP contribution in [0.15, 0.2) is 54.6 Å². The van der Waals surface area contributed by atoms with Gasteiger partial charge in [-0.25, -0.2) is 4.79 Å². The molecule has 1 atom stereocenters. The standard InChI is InChI=1S/C20H24N2O2/c1-24-18-13-11-16(12-14-18)19-10-6-3-7-15-22(19)20(23)21-17-8-4-2-5-9-17/h2,4-5,8-9,11-14,19H,3,6-7,10,15H2,1H3,(H,21,23)/t19-/m0/s1. The highest BCUT2D eigenvalue weighted by molar-refractivity contribution is 5.89. The highest BCUT2D eigenvalue weighted by Crippen LogP contribution is 2.31. The predicted octanol–water partition coefficient (Wildman–Crippen LogP) is 4.84. The number of carbonyl (C=O) groups excluding carboxylic acids is 1. The zero-order valence-electron chi connectivity index (χ0n) is 14.1. The molecule has 0 aliphatic carbocycles. The average Bonchev–Trinajstić information content (AvgIpc) is 2.89. The van der Waals surface area contributed by atoms with E-state index in [1.165, 1.54) is 12.0 Å². The first-order valence-corrected chi connectivity index (χ1v) is 8.54. The predicted molar refractivity (Wildman–Crippen MR) is 96.4 cm³/mol. The fraction of sp³-hybridized carbons (Fsp3) is 0.350. The molecule has 0 saturated carbocycles. The first kappa shape index (κ1) is 16.4. The molecule has 24 heavy (non-hydrogen) atoms. The Hall–Kier alpha value is -2.49. The van der Waals surface area contributed by atoms with Gasteiger partial charge in [-0.3, -0.25) is 0 Å². The van der Waals surface area contributed by atoms with Gasteiger partial charge in [0.25, 0.3) is 0 Å². The summed E-state index contributed by atoms with van der Waals surface area (Å²) in [5.74, 6) is 0.840. The van der Waals surface area contributed by atoms with Crippen molar-refractivity contribution in [2.75, 3.05) is 19.0 Å². The zero-order valence-corrected chi connectivity index (χ0v) is 14.1. The van der Waals surface area contributed by atoms with Crippen LogP contribution in [0.1, 0.15) is 37.3 Å². The third kappa shape index (κ3) is 3.88. The van der Waals surface area contributed by atoms with Gasteiger partial charge in [0, 0.05) is 12.2 Å². The molecule has 3 rings (SSSR count). The van der Waals surface area contributed by atoms with Crippen molar-refractivity contribution >= 4 is 11.7 Å². The molecule has 1 heterocycles. The molecule has 1 saturated heterocycles. The van der Waals surface area contributed by atoms with Gasteiger partial charge in [0.15, 0.2) is 0 Å². The van der Waals surface area contributed by atoms with Crippen molar-refractivity contribution in [3.05, 3.63) is 60.2 Å². The van der Waals surface area contributed by atoms with Crippen molar-refractivity contribution in [1.29, 1.82) is 0 Å². The number of benzene rings is 2. The molecule has 0 radical (unpaired) electrons. The van der Waals surface area contributed by atoms with Crippen LogP contribution >= 0.6 is 0 Å². The van der Waals surface area contributed by atoms with Gasteiger partial charge in [-0.05, 0) is 42.7 Å². The van der Waals surface area contributed by atoms with E-state index in [4.69, 9.17) is 4.74 Å². The maximum atomic E-state index is 12.8. The van der Waals surface area contributed by atoms with Crippen molar-refractivity contribution < 1.29 is 9.53 Å². The van der Waals surface area contributed by atoms with Gasteiger partial charge in [0.05, 0.1) is 13.2 Å². The summed E-state index contributed by atoms with van der Waals surface area (Å²) in [5, 5.41) is 3.02. The molecule has 1 fully saturated rings. The zero-order chi connectivity index (χ0) is 16.8. The quantitative estimate of drug-likeness (QED) is 0.877. The van der Waals surface area contributed by atoms with Gasteiger partial charge in [0.2, 0.25) is 0 Å². The number of urea groups is 1. The van der Waals surface area contributed by atoms with E-state index in [-0.39, 0.29) is 12.1 Å². The molecule has 2 aromatic carbocycles. The lowest BCUT2D eigenvalue weighted by molar-refractivity contribution is 0.189. The molecule has 126 valence electrons. The number of amides is 2. The molecule has 0 bridgehead atoms. The number of nitrogens with one attached hydrogen (secondary N) is 1. The van der Waals surface area contributed by atoms with Crippen molar-refractivity contribution in [3.63, 3.8) is 0 Å². The summed E-state index contributed by atoms with van der Waals surface area (Å²) < 4.78 is 5.24. The Morgan fingerprint density at radius 2 is 1.79 bits per heavy atom. The summed E-state index contributed by atoms with van der Waals surface area (Å²) in [6, 6.07) is 17.8. The molecule has 1 aliphatic rings. The number of nitrogens with zero attached hydrogens (tertiary/aromatic N) is 1. The Bertz CT molecular complexity index is 655. The molecule has 1 aliphatic heterocycles. The Labute approximate surface area is 143 Å². The lowest BCUT2D eigenvalue weighted by Gasteiger charge is -2.30. The van der Waals surface area contributed by atoms with Crippen LogP contribution in [0.25, 0.3) is 0 Å². The van der Waals surface area contributed by atoms with E-state index < -0.39 is 0 Å². The summed E-state index contributed by atoms with van der Waals surface area (Å²) in [5.41, 5.74) is 2.00. The molecule has 2 aromatic rings. The van der Waals surface area contributed by atoms with Gasteiger partial charge in [-0.2, -0.15) is 0 Å². The minimum absolute atomic E-state index is 0.0241. The second-order valence-electron chi connectivity index (χ2n) is 6.13. The van der Waals surface area contributed by atoms with Crippen molar-refractivity contribution in [2.24, 2.45) is 0 Å². The number of rotatable bonds is 3. The third-order valence-electron chi connectivity index (χ3n) is 4.54. The van der Waals surface area contributed by atoms with Crippen molar-refractivity contribution in [1.82, 2.24) is 4.90 Å². The normalized spacial score (nSPS) is 17.9. The number of likely N-dealkylation sites (tertiary alicyclic amines) is 1. The number of anilines is 1. The Morgan fingerprint density at radius 1 is 1.04 bits per heavy atom. The number of methoxy groups -OCH3 is 1. The van der Waals surface area contributed by atoms with Gasteiger partial charge in [0.1, 0.15) is 5.75 Å². The van der Waals surface area contributed by atoms with E-state index in [0.29, 0.717) is 0 Å². The van der Waals surface area contributed by atoms with E-state index in [0.717, 1.165) is 37.2 Å². The second-order valence-corrected chi connectivity index (χ2v) is 6.13. The van der Waals surface area contributed by atoms with Crippen LogP contribution in [-0.2, 0) is 0 Å². The number of carbonyl (C=O) groups is 1. The SMILES string of the molecule is COc1ccc([C@@H]2CCCCCN2C(=O)Nc2ccccc2)cc1. The van der Waals surface area contributed by atoms with Crippen LogP contribution in [0, 0.1) is 0 Å². The van der Waals surface area contributed by atoms with E-state index in [1.54, 1.807) is 7.11 Å². The molecule has 1 N–H and O–H groups in total. The fourth-order valence-corrected chi connectivity index (χ4v) is 3.24. The lowest BCUT2D eigenvalue weighted by atomic mass is 10.0. The van der Waals surface area contributed by atoms with Gasteiger partial charge in [-0.15, -0.1) is 0 Å². The van der Waals surface area contributed by atoms with Gasteiger partial charge >= 0.3 is 6.03 Å². The number of ether oxygens (including phenoxy) is 1. The second kappa shape index (κ2) is 7.86. The monoisotopic (exact) mass is 324 g/mol. The first-order valence-electron chi connectivity index (χ1n) is 8.54. The number of hydrogen-bond donors (Lipinski definition) is 1.